The molecular weight excluding hydrogens is 419 g/mol. The average Bonchev–Trinajstić information content (AvgIpc) is 3.26. The van der Waals surface area contributed by atoms with Crippen molar-refractivity contribution in [2.75, 3.05) is 11.9 Å². The third-order valence-corrected chi connectivity index (χ3v) is 4.81. The highest BCUT2D eigenvalue weighted by Crippen LogP contribution is 2.30. The van der Waals surface area contributed by atoms with Crippen LogP contribution in [0.1, 0.15) is 31.2 Å². The number of ether oxygens (including phenoxy) is 1. The van der Waals surface area contributed by atoms with Crippen molar-refractivity contribution in [2.24, 2.45) is 0 Å². The van der Waals surface area contributed by atoms with E-state index in [1.165, 1.54) is 29.5 Å². The Morgan fingerprint density at radius 3 is 2.33 bits per heavy atom. The second kappa shape index (κ2) is 8.91. The van der Waals surface area contributed by atoms with E-state index in [4.69, 9.17) is 4.74 Å². The number of alkyl halides is 3. The van der Waals surface area contributed by atoms with Crippen molar-refractivity contribution in [2.45, 2.75) is 6.18 Å². The number of benzene rings is 2. The van der Waals surface area contributed by atoms with E-state index in [1.54, 1.807) is 29.6 Å². The summed E-state index contributed by atoms with van der Waals surface area (Å²) >= 11 is 1.22. The predicted octanol–water partition coefficient (Wildman–Crippen LogP) is 4.79. The molecule has 3 aromatic rings. The molecule has 0 radical (unpaired) electrons. The van der Waals surface area contributed by atoms with Gasteiger partial charge in [0.15, 0.2) is 6.61 Å². The van der Waals surface area contributed by atoms with Gasteiger partial charge in [-0.25, -0.2) is 4.79 Å². The van der Waals surface area contributed by atoms with Crippen LogP contribution in [0.15, 0.2) is 66.0 Å². The lowest BCUT2D eigenvalue weighted by Gasteiger charge is -2.11. The van der Waals surface area contributed by atoms with Gasteiger partial charge in [-0.15, -0.1) is 11.3 Å². The molecule has 2 aromatic carbocycles. The van der Waals surface area contributed by atoms with Crippen LogP contribution in [0.25, 0.3) is 0 Å². The van der Waals surface area contributed by atoms with Crippen LogP contribution in [-0.4, -0.2) is 24.3 Å². The van der Waals surface area contributed by atoms with Gasteiger partial charge in [0.05, 0.1) is 16.0 Å². The highest BCUT2D eigenvalue weighted by Gasteiger charge is 2.30. The number of halogens is 3. The average molecular weight is 433 g/mol. The van der Waals surface area contributed by atoms with E-state index in [1.807, 2.05) is 0 Å². The monoisotopic (exact) mass is 433 g/mol. The second-order valence-electron chi connectivity index (χ2n) is 6.05. The molecular formula is C21H14F3NO4S. The van der Waals surface area contributed by atoms with Crippen molar-refractivity contribution in [1.29, 1.82) is 0 Å². The van der Waals surface area contributed by atoms with Crippen LogP contribution in [0.3, 0.4) is 0 Å². The molecule has 0 aliphatic carbocycles. The Morgan fingerprint density at radius 2 is 1.67 bits per heavy atom. The SMILES string of the molecule is O=C(COC(=O)c1ccccc1C(=O)c1cccs1)Nc1cccc(C(F)(F)F)c1. The molecule has 1 amide bonds. The van der Waals surface area contributed by atoms with Crippen molar-refractivity contribution in [3.05, 3.63) is 87.6 Å². The first-order valence-electron chi connectivity index (χ1n) is 8.57. The van der Waals surface area contributed by atoms with E-state index in [-0.39, 0.29) is 22.6 Å². The predicted molar refractivity (Wildman–Crippen MR) is 105 cm³/mol. The third-order valence-electron chi connectivity index (χ3n) is 3.94. The van der Waals surface area contributed by atoms with Crippen LogP contribution in [0.4, 0.5) is 18.9 Å². The summed E-state index contributed by atoms with van der Waals surface area (Å²) in [5.41, 5.74) is -0.886. The molecule has 1 N–H and O–H groups in total. The van der Waals surface area contributed by atoms with Crippen LogP contribution < -0.4 is 5.32 Å². The fourth-order valence-electron chi connectivity index (χ4n) is 2.58. The van der Waals surface area contributed by atoms with E-state index in [9.17, 15) is 27.6 Å². The zero-order chi connectivity index (χ0) is 21.7. The van der Waals surface area contributed by atoms with E-state index in [2.05, 4.69) is 5.32 Å². The maximum Gasteiger partial charge on any atom is 0.416 e. The topological polar surface area (TPSA) is 72.5 Å². The molecule has 1 aromatic heterocycles. The van der Waals surface area contributed by atoms with Crippen LogP contribution >= 0.6 is 11.3 Å². The Bertz CT molecular complexity index is 1080. The van der Waals surface area contributed by atoms with Crippen molar-refractivity contribution < 1.29 is 32.3 Å². The van der Waals surface area contributed by atoms with Crippen LogP contribution in [0.2, 0.25) is 0 Å². The molecule has 30 heavy (non-hydrogen) atoms. The Labute approximate surface area is 173 Å². The Hall–Kier alpha value is -3.46. The number of carbonyl (C=O) groups is 3. The molecule has 1 heterocycles. The lowest BCUT2D eigenvalue weighted by molar-refractivity contribution is -0.137. The zero-order valence-corrected chi connectivity index (χ0v) is 16.0. The largest absolute Gasteiger partial charge is 0.452 e. The lowest BCUT2D eigenvalue weighted by Crippen LogP contribution is -2.22. The molecule has 0 aliphatic heterocycles. The maximum absolute atomic E-state index is 12.7. The summed E-state index contributed by atoms with van der Waals surface area (Å²) in [6, 6.07) is 13.4. The number of hydrogen-bond donors (Lipinski definition) is 1. The van der Waals surface area contributed by atoms with E-state index < -0.39 is 30.2 Å². The van der Waals surface area contributed by atoms with Crippen molar-refractivity contribution in [3.63, 3.8) is 0 Å². The van der Waals surface area contributed by atoms with Crippen molar-refractivity contribution in [1.82, 2.24) is 0 Å². The summed E-state index contributed by atoms with van der Waals surface area (Å²) in [5, 5.41) is 3.97. The summed E-state index contributed by atoms with van der Waals surface area (Å²) in [7, 11) is 0. The highest BCUT2D eigenvalue weighted by atomic mass is 32.1. The number of thiophene rings is 1. The maximum atomic E-state index is 12.7. The highest BCUT2D eigenvalue weighted by molar-refractivity contribution is 7.12. The molecule has 0 atom stereocenters. The Morgan fingerprint density at radius 1 is 0.933 bits per heavy atom. The molecule has 0 unspecified atom stereocenters. The molecule has 0 fully saturated rings. The minimum absolute atomic E-state index is 0.0113. The van der Waals surface area contributed by atoms with Crippen molar-refractivity contribution >= 4 is 34.7 Å². The molecule has 0 aliphatic rings. The number of anilines is 1. The summed E-state index contributed by atoms with van der Waals surface area (Å²) < 4.78 is 43.2. The van der Waals surface area contributed by atoms with Gasteiger partial charge in [0.1, 0.15) is 0 Å². The van der Waals surface area contributed by atoms with Crippen LogP contribution in [-0.2, 0) is 15.7 Å². The normalized spacial score (nSPS) is 11.0. The number of rotatable bonds is 6. The van der Waals surface area contributed by atoms with Gasteiger partial charge in [-0.05, 0) is 35.7 Å². The minimum atomic E-state index is -4.55. The molecule has 5 nitrogen and oxygen atoms in total. The quantitative estimate of drug-likeness (QED) is 0.448. The smallest absolute Gasteiger partial charge is 0.416 e. The fraction of sp³-hybridized carbons (Fsp3) is 0.0952. The first-order chi connectivity index (χ1) is 14.3. The Kier molecular flexibility index (Phi) is 6.31. The van der Waals surface area contributed by atoms with Gasteiger partial charge < -0.3 is 10.1 Å². The standard InChI is InChI=1S/C21H14F3NO4S/c22-21(23,24)13-5-3-6-14(11-13)25-18(26)12-29-20(28)16-8-2-1-7-15(16)19(27)17-9-4-10-30-17/h1-11H,12H2,(H,25,26). The van der Waals surface area contributed by atoms with Gasteiger partial charge in [0, 0.05) is 11.3 Å². The number of amides is 1. The molecule has 0 saturated heterocycles. The summed E-state index contributed by atoms with van der Waals surface area (Å²) in [6.45, 7) is -0.726. The number of hydrogen-bond acceptors (Lipinski definition) is 5. The fourth-order valence-corrected chi connectivity index (χ4v) is 3.26. The third kappa shape index (κ3) is 5.12. The van der Waals surface area contributed by atoms with E-state index in [0.29, 0.717) is 4.88 Å². The van der Waals surface area contributed by atoms with Gasteiger partial charge in [0.25, 0.3) is 5.91 Å². The molecule has 0 spiro atoms. The summed E-state index contributed by atoms with van der Waals surface area (Å²) in [5.74, 6) is -2.06. The number of carbonyl (C=O) groups excluding carboxylic acids is 3. The molecule has 0 saturated carbocycles. The van der Waals surface area contributed by atoms with Gasteiger partial charge in [-0.2, -0.15) is 13.2 Å². The lowest BCUT2D eigenvalue weighted by atomic mass is 10.0. The molecule has 9 heteroatoms. The summed E-state index contributed by atoms with van der Waals surface area (Å²) in [4.78, 5) is 37.4. The first-order valence-corrected chi connectivity index (χ1v) is 9.45. The van der Waals surface area contributed by atoms with Gasteiger partial charge in [-0.1, -0.05) is 30.3 Å². The van der Waals surface area contributed by atoms with Gasteiger partial charge >= 0.3 is 12.1 Å². The molecule has 154 valence electrons. The van der Waals surface area contributed by atoms with E-state index >= 15 is 0 Å². The van der Waals surface area contributed by atoms with E-state index in [0.717, 1.165) is 18.2 Å². The Balaban J connectivity index is 1.65. The first kappa shape index (κ1) is 21.3. The summed E-state index contributed by atoms with van der Waals surface area (Å²) in [6.07, 6.45) is -4.55. The number of nitrogens with one attached hydrogen (secondary N) is 1. The zero-order valence-electron chi connectivity index (χ0n) is 15.2. The van der Waals surface area contributed by atoms with Gasteiger partial charge in [0.2, 0.25) is 5.78 Å². The minimum Gasteiger partial charge on any atom is -0.452 e. The molecule has 0 bridgehead atoms. The van der Waals surface area contributed by atoms with Crippen LogP contribution in [0, 0.1) is 0 Å². The van der Waals surface area contributed by atoms with Gasteiger partial charge in [-0.3, -0.25) is 9.59 Å². The van der Waals surface area contributed by atoms with Crippen LogP contribution in [0.5, 0.6) is 0 Å². The second-order valence-corrected chi connectivity index (χ2v) is 7.00. The number of esters is 1. The van der Waals surface area contributed by atoms with Crippen molar-refractivity contribution in [3.8, 4) is 0 Å². The molecule has 3 rings (SSSR count). The number of ketones is 1.